The lowest BCUT2D eigenvalue weighted by molar-refractivity contribution is 0.256. The van der Waals surface area contributed by atoms with Gasteiger partial charge in [0.15, 0.2) is 9.84 Å². The lowest BCUT2D eigenvalue weighted by atomic mass is 10.1. The predicted molar refractivity (Wildman–Crippen MR) is 72.0 cm³/mol. The zero-order valence-corrected chi connectivity index (χ0v) is 12.4. The Labute approximate surface area is 108 Å². The van der Waals surface area contributed by atoms with Gasteiger partial charge in [-0.15, -0.1) is 0 Å². The Morgan fingerprint density at radius 2 is 2.19 bits per heavy atom. The molecule has 1 heterocycles. The highest BCUT2D eigenvalue weighted by Gasteiger charge is 2.24. The fraction of sp³-hybridized carbons (Fsp3) is 1.00. The Hall–Kier alpha value is 0.390. The first-order chi connectivity index (χ1) is 7.59. The third-order valence-electron chi connectivity index (χ3n) is 3.30. The van der Waals surface area contributed by atoms with E-state index >= 15 is 0 Å². The highest BCUT2D eigenvalue weighted by atomic mass is 79.9. The van der Waals surface area contributed by atoms with Gasteiger partial charge in [0.25, 0.3) is 0 Å². The fourth-order valence-electron chi connectivity index (χ4n) is 2.23. The maximum absolute atomic E-state index is 11.4. The summed E-state index contributed by atoms with van der Waals surface area (Å²) in [6, 6.07) is 0.615. The van der Waals surface area contributed by atoms with E-state index < -0.39 is 9.84 Å². The second-order valence-electron chi connectivity index (χ2n) is 4.40. The summed E-state index contributed by atoms with van der Waals surface area (Å²) in [4.78, 5) is 2.36. The van der Waals surface area contributed by atoms with Crippen LogP contribution in [0.15, 0.2) is 0 Å². The number of alkyl halides is 1. The normalized spacial score (nSPS) is 22.8. The van der Waals surface area contributed by atoms with Crippen LogP contribution in [0.5, 0.6) is 0 Å². The molecule has 0 amide bonds. The van der Waals surface area contributed by atoms with Gasteiger partial charge in [0.05, 0.1) is 5.75 Å². The molecule has 1 saturated heterocycles. The van der Waals surface area contributed by atoms with Crippen LogP contribution in [0.1, 0.15) is 32.6 Å². The van der Waals surface area contributed by atoms with E-state index in [0.717, 1.165) is 18.4 Å². The van der Waals surface area contributed by atoms with Crippen molar-refractivity contribution in [3.63, 3.8) is 0 Å². The number of hydrogen-bond acceptors (Lipinski definition) is 3. The number of nitrogens with zero attached hydrogens (tertiary/aromatic N) is 1. The molecule has 0 aromatic carbocycles. The first-order valence-electron chi connectivity index (χ1n) is 6.09. The fourth-order valence-corrected chi connectivity index (χ4v) is 3.35. The molecule has 0 spiro atoms. The molecule has 0 bridgehead atoms. The maximum atomic E-state index is 11.4. The average molecular weight is 312 g/mol. The lowest BCUT2D eigenvalue weighted by Gasteiger charge is -2.23. The molecular weight excluding hydrogens is 290 g/mol. The van der Waals surface area contributed by atoms with E-state index in [9.17, 15) is 8.42 Å². The van der Waals surface area contributed by atoms with Crippen molar-refractivity contribution in [1.82, 2.24) is 4.90 Å². The van der Waals surface area contributed by atoms with Gasteiger partial charge in [-0.25, -0.2) is 8.42 Å². The second kappa shape index (κ2) is 6.97. The molecule has 3 nitrogen and oxygen atoms in total. The van der Waals surface area contributed by atoms with Crippen LogP contribution < -0.4 is 0 Å². The van der Waals surface area contributed by atoms with Crippen LogP contribution in [0.2, 0.25) is 0 Å². The van der Waals surface area contributed by atoms with Crippen molar-refractivity contribution >= 4 is 25.8 Å². The molecule has 1 fully saturated rings. The Kier molecular flexibility index (Phi) is 6.29. The van der Waals surface area contributed by atoms with Gasteiger partial charge in [0, 0.05) is 23.7 Å². The molecule has 0 saturated carbocycles. The van der Waals surface area contributed by atoms with Crippen molar-refractivity contribution in [1.29, 1.82) is 0 Å². The van der Waals surface area contributed by atoms with E-state index in [0.29, 0.717) is 11.8 Å². The number of rotatable bonds is 7. The minimum atomic E-state index is -2.80. The molecule has 0 aromatic heterocycles. The number of sulfone groups is 1. The van der Waals surface area contributed by atoms with E-state index in [1.807, 2.05) is 0 Å². The van der Waals surface area contributed by atoms with E-state index in [-0.39, 0.29) is 5.75 Å². The first kappa shape index (κ1) is 14.5. The number of halogens is 1. The van der Waals surface area contributed by atoms with Crippen LogP contribution in [-0.2, 0) is 9.84 Å². The molecule has 1 atom stereocenters. The van der Waals surface area contributed by atoms with Crippen molar-refractivity contribution in [2.24, 2.45) is 0 Å². The van der Waals surface area contributed by atoms with Gasteiger partial charge >= 0.3 is 0 Å². The van der Waals surface area contributed by atoms with Crippen molar-refractivity contribution in [2.45, 2.75) is 38.6 Å². The summed E-state index contributed by atoms with van der Waals surface area (Å²) in [5.74, 6) is 0.598. The predicted octanol–water partition coefficient (Wildman–Crippen LogP) is 2.06. The Morgan fingerprint density at radius 1 is 1.44 bits per heavy atom. The maximum Gasteiger partial charge on any atom is 0.151 e. The summed E-state index contributed by atoms with van der Waals surface area (Å²) in [5.41, 5.74) is 0. The van der Waals surface area contributed by atoms with E-state index in [1.165, 1.54) is 25.7 Å². The molecule has 96 valence electrons. The molecular formula is C11H22BrNO2S. The van der Waals surface area contributed by atoms with Gasteiger partial charge in [0.1, 0.15) is 0 Å². The molecule has 1 aliphatic rings. The molecule has 1 unspecified atom stereocenters. The molecule has 0 N–H and O–H groups in total. The quantitative estimate of drug-likeness (QED) is 0.675. The van der Waals surface area contributed by atoms with Crippen molar-refractivity contribution in [2.75, 3.05) is 29.9 Å². The van der Waals surface area contributed by atoms with E-state index in [2.05, 4.69) is 20.8 Å². The Bertz CT molecular complexity index is 292. The zero-order valence-electron chi connectivity index (χ0n) is 9.99. The summed E-state index contributed by atoms with van der Waals surface area (Å²) in [7, 11) is -2.80. The molecule has 5 heteroatoms. The van der Waals surface area contributed by atoms with Crippen molar-refractivity contribution in [3.05, 3.63) is 0 Å². The van der Waals surface area contributed by atoms with Crippen molar-refractivity contribution < 1.29 is 8.42 Å². The summed E-state index contributed by atoms with van der Waals surface area (Å²) >= 11 is 3.44. The van der Waals surface area contributed by atoms with Crippen LogP contribution in [0.25, 0.3) is 0 Å². The largest absolute Gasteiger partial charge is 0.299 e. The van der Waals surface area contributed by atoms with Gasteiger partial charge in [-0.05, 0) is 32.2 Å². The summed E-state index contributed by atoms with van der Waals surface area (Å²) in [6.07, 6.45) is 4.83. The topological polar surface area (TPSA) is 37.4 Å². The molecule has 0 aromatic rings. The second-order valence-corrected chi connectivity index (χ2v) is 7.67. The monoisotopic (exact) mass is 311 g/mol. The highest BCUT2D eigenvalue weighted by molar-refractivity contribution is 9.09. The SMILES string of the molecule is CCS(=O)(=O)CCN1CCCC1CCCBr. The summed E-state index contributed by atoms with van der Waals surface area (Å²) in [5, 5.41) is 1.05. The minimum absolute atomic E-state index is 0.271. The van der Waals surface area contributed by atoms with Gasteiger partial charge in [-0.3, -0.25) is 4.90 Å². The number of hydrogen-bond donors (Lipinski definition) is 0. The van der Waals surface area contributed by atoms with Crippen molar-refractivity contribution in [3.8, 4) is 0 Å². The van der Waals surface area contributed by atoms with Crippen LogP contribution in [-0.4, -0.2) is 49.3 Å². The van der Waals surface area contributed by atoms with Crippen LogP contribution in [0, 0.1) is 0 Å². The molecule has 1 aliphatic heterocycles. The molecule has 16 heavy (non-hydrogen) atoms. The summed E-state index contributed by atoms with van der Waals surface area (Å²) < 4.78 is 22.9. The summed E-state index contributed by atoms with van der Waals surface area (Å²) in [6.45, 7) is 3.52. The molecule has 0 radical (unpaired) electrons. The first-order valence-corrected chi connectivity index (χ1v) is 9.04. The van der Waals surface area contributed by atoms with Gasteiger partial charge in [0.2, 0.25) is 0 Å². The van der Waals surface area contributed by atoms with Gasteiger partial charge in [-0.1, -0.05) is 22.9 Å². The smallest absolute Gasteiger partial charge is 0.151 e. The lowest BCUT2D eigenvalue weighted by Crippen LogP contribution is -2.34. The van der Waals surface area contributed by atoms with Crippen LogP contribution in [0.3, 0.4) is 0 Å². The molecule has 1 rings (SSSR count). The van der Waals surface area contributed by atoms with E-state index in [1.54, 1.807) is 6.92 Å². The molecule has 0 aliphatic carbocycles. The Balaban J connectivity index is 2.35. The van der Waals surface area contributed by atoms with Gasteiger partial charge in [-0.2, -0.15) is 0 Å². The van der Waals surface area contributed by atoms with Gasteiger partial charge < -0.3 is 0 Å². The number of likely N-dealkylation sites (tertiary alicyclic amines) is 1. The minimum Gasteiger partial charge on any atom is -0.299 e. The zero-order chi connectivity index (χ0) is 12.0. The van der Waals surface area contributed by atoms with Crippen LogP contribution >= 0.6 is 15.9 Å². The average Bonchev–Trinajstić information content (AvgIpc) is 2.71. The standard InChI is InChI=1S/C11H22BrNO2S/c1-2-16(14,15)10-9-13-8-4-6-11(13)5-3-7-12/h11H,2-10H2,1H3. The van der Waals surface area contributed by atoms with Crippen LogP contribution in [0.4, 0.5) is 0 Å². The third-order valence-corrected chi connectivity index (χ3v) is 5.54. The Morgan fingerprint density at radius 3 is 2.81 bits per heavy atom. The highest BCUT2D eigenvalue weighted by Crippen LogP contribution is 2.21. The third kappa shape index (κ3) is 4.72. The van der Waals surface area contributed by atoms with E-state index in [4.69, 9.17) is 0 Å².